The van der Waals surface area contributed by atoms with E-state index in [1.807, 2.05) is 26.0 Å². The molecule has 1 aromatic rings. The molecule has 0 aromatic heterocycles. The van der Waals surface area contributed by atoms with Gasteiger partial charge < -0.3 is 0 Å². The molecule has 1 aliphatic carbocycles. The molecule has 0 saturated heterocycles. The van der Waals surface area contributed by atoms with Crippen molar-refractivity contribution < 1.29 is 8.42 Å². The maximum absolute atomic E-state index is 12.2. The van der Waals surface area contributed by atoms with Gasteiger partial charge in [-0.3, -0.25) is 0 Å². The lowest BCUT2D eigenvalue weighted by Crippen LogP contribution is -2.38. The van der Waals surface area contributed by atoms with Gasteiger partial charge in [-0.05, 0) is 38.3 Å². The summed E-state index contributed by atoms with van der Waals surface area (Å²) in [6.45, 7) is 3.78. The summed E-state index contributed by atoms with van der Waals surface area (Å²) in [5.41, 5.74) is 1.61. The minimum Gasteiger partial charge on any atom is -0.207 e. The summed E-state index contributed by atoms with van der Waals surface area (Å²) >= 11 is 3.36. The van der Waals surface area contributed by atoms with Crippen LogP contribution in [-0.2, 0) is 10.0 Å². The zero-order valence-electron chi connectivity index (χ0n) is 9.96. The molecule has 94 valence electrons. The fourth-order valence-electron chi connectivity index (χ4n) is 1.85. The molecule has 5 heteroatoms. The van der Waals surface area contributed by atoms with Gasteiger partial charge in [0.2, 0.25) is 10.0 Å². The van der Waals surface area contributed by atoms with E-state index in [0.717, 1.165) is 24.0 Å². The highest BCUT2D eigenvalue weighted by Crippen LogP contribution is 2.38. The van der Waals surface area contributed by atoms with Crippen LogP contribution < -0.4 is 4.72 Å². The summed E-state index contributed by atoms with van der Waals surface area (Å²) in [4.78, 5) is 0.385. The molecule has 0 unspecified atom stereocenters. The summed E-state index contributed by atoms with van der Waals surface area (Å²) in [6.07, 6.45) is 1.81. The Kier molecular flexibility index (Phi) is 3.36. The molecule has 0 atom stereocenters. The first-order valence-electron chi connectivity index (χ1n) is 5.56. The molecule has 1 saturated carbocycles. The molecule has 1 N–H and O–H groups in total. The standard InChI is InChI=1S/C12H16BrNO2S/c1-9-3-4-11(10(2)7-9)17(15,16)14-12(8-13)5-6-12/h3-4,7,14H,5-6,8H2,1-2H3. The van der Waals surface area contributed by atoms with Crippen molar-refractivity contribution in [2.24, 2.45) is 0 Å². The summed E-state index contributed by atoms with van der Waals surface area (Å²) in [6, 6.07) is 5.40. The van der Waals surface area contributed by atoms with Crippen LogP contribution in [0.15, 0.2) is 23.1 Å². The van der Waals surface area contributed by atoms with Gasteiger partial charge in [0, 0.05) is 10.9 Å². The molecule has 2 rings (SSSR count). The third kappa shape index (κ3) is 2.72. The summed E-state index contributed by atoms with van der Waals surface area (Å²) in [5, 5.41) is 0.671. The van der Waals surface area contributed by atoms with Gasteiger partial charge >= 0.3 is 0 Å². The van der Waals surface area contributed by atoms with Crippen LogP contribution >= 0.6 is 15.9 Å². The first-order valence-corrected chi connectivity index (χ1v) is 8.16. The van der Waals surface area contributed by atoms with Crippen LogP contribution in [0.3, 0.4) is 0 Å². The maximum Gasteiger partial charge on any atom is 0.241 e. The first-order chi connectivity index (χ1) is 7.88. The molecule has 1 fully saturated rings. The van der Waals surface area contributed by atoms with Crippen molar-refractivity contribution >= 4 is 26.0 Å². The second kappa shape index (κ2) is 4.37. The summed E-state index contributed by atoms with van der Waals surface area (Å²) in [7, 11) is -3.39. The van der Waals surface area contributed by atoms with Crippen molar-refractivity contribution in [2.45, 2.75) is 37.1 Å². The number of alkyl halides is 1. The SMILES string of the molecule is Cc1ccc(S(=O)(=O)NC2(CBr)CC2)c(C)c1. The Labute approximate surface area is 111 Å². The lowest BCUT2D eigenvalue weighted by atomic mass is 10.2. The van der Waals surface area contributed by atoms with E-state index in [1.54, 1.807) is 6.07 Å². The number of hydrogen-bond donors (Lipinski definition) is 1. The van der Waals surface area contributed by atoms with Crippen molar-refractivity contribution in [1.82, 2.24) is 4.72 Å². The number of halogens is 1. The highest BCUT2D eigenvalue weighted by molar-refractivity contribution is 9.09. The van der Waals surface area contributed by atoms with Crippen molar-refractivity contribution in [3.63, 3.8) is 0 Å². The molecule has 17 heavy (non-hydrogen) atoms. The second-order valence-electron chi connectivity index (χ2n) is 4.79. The van der Waals surface area contributed by atoms with E-state index in [9.17, 15) is 8.42 Å². The van der Waals surface area contributed by atoms with Gasteiger partial charge in [-0.1, -0.05) is 33.6 Å². The Morgan fingerprint density at radius 2 is 2.00 bits per heavy atom. The average Bonchev–Trinajstić information content (AvgIpc) is 2.97. The Morgan fingerprint density at radius 3 is 2.47 bits per heavy atom. The van der Waals surface area contributed by atoms with Gasteiger partial charge in [-0.25, -0.2) is 13.1 Å². The van der Waals surface area contributed by atoms with Crippen molar-refractivity contribution in [3.8, 4) is 0 Å². The minimum atomic E-state index is -3.39. The highest BCUT2D eigenvalue weighted by Gasteiger charge is 2.45. The quantitative estimate of drug-likeness (QED) is 0.867. The van der Waals surface area contributed by atoms with Crippen molar-refractivity contribution in [1.29, 1.82) is 0 Å². The predicted octanol–water partition coefficient (Wildman–Crippen LogP) is 2.51. The number of rotatable bonds is 4. The van der Waals surface area contributed by atoms with Crippen LogP contribution in [-0.4, -0.2) is 19.3 Å². The summed E-state index contributed by atoms with van der Waals surface area (Å²) < 4.78 is 27.3. The fraction of sp³-hybridized carbons (Fsp3) is 0.500. The first kappa shape index (κ1) is 13.1. The molecule has 0 radical (unpaired) electrons. The number of benzene rings is 1. The van der Waals surface area contributed by atoms with Gasteiger partial charge in [0.1, 0.15) is 0 Å². The van der Waals surface area contributed by atoms with E-state index in [4.69, 9.17) is 0 Å². The number of hydrogen-bond acceptors (Lipinski definition) is 2. The predicted molar refractivity (Wildman–Crippen MR) is 72.0 cm³/mol. The van der Waals surface area contributed by atoms with E-state index < -0.39 is 10.0 Å². The van der Waals surface area contributed by atoms with Gasteiger partial charge in [-0.2, -0.15) is 0 Å². The Morgan fingerprint density at radius 1 is 1.35 bits per heavy atom. The molecule has 0 aliphatic heterocycles. The van der Waals surface area contributed by atoms with E-state index >= 15 is 0 Å². The molecule has 0 bridgehead atoms. The van der Waals surface area contributed by atoms with Crippen LogP contribution in [0.2, 0.25) is 0 Å². The summed E-state index contributed by atoms with van der Waals surface area (Å²) in [5.74, 6) is 0. The molecule has 3 nitrogen and oxygen atoms in total. The lowest BCUT2D eigenvalue weighted by molar-refractivity contribution is 0.560. The monoisotopic (exact) mass is 317 g/mol. The minimum absolute atomic E-state index is 0.254. The van der Waals surface area contributed by atoms with Gasteiger partial charge in [0.05, 0.1) is 4.90 Å². The Balaban J connectivity index is 2.32. The number of nitrogens with one attached hydrogen (secondary N) is 1. The fourth-order valence-corrected chi connectivity index (χ4v) is 4.43. The largest absolute Gasteiger partial charge is 0.241 e. The lowest BCUT2D eigenvalue weighted by Gasteiger charge is -2.16. The molecular formula is C12H16BrNO2S. The average molecular weight is 318 g/mol. The molecular weight excluding hydrogens is 302 g/mol. The number of aryl methyl sites for hydroxylation is 2. The van der Waals surface area contributed by atoms with Crippen LogP contribution in [0.4, 0.5) is 0 Å². The van der Waals surface area contributed by atoms with Gasteiger partial charge in [0.25, 0.3) is 0 Å². The van der Waals surface area contributed by atoms with Crippen LogP contribution in [0.1, 0.15) is 24.0 Å². The van der Waals surface area contributed by atoms with Crippen molar-refractivity contribution in [2.75, 3.05) is 5.33 Å². The highest BCUT2D eigenvalue weighted by atomic mass is 79.9. The van der Waals surface area contributed by atoms with Gasteiger partial charge in [-0.15, -0.1) is 0 Å². The smallest absolute Gasteiger partial charge is 0.207 e. The topological polar surface area (TPSA) is 46.2 Å². The van der Waals surface area contributed by atoms with Crippen LogP contribution in [0, 0.1) is 13.8 Å². The Hall–Kier alpha value is -0.390. The molecule has 0 heterocycles. The van der Waals surface area contributed by atoms with E-state index in [1.165, 1.54) is 0 Å². The molecule has 1 aromatic carbocycles. The van der Waals surface area contributed by atoms with Crippen LogP contribution in [0.25, 0.3) is 0 Å². The Bertz CT molecular complexity index is 535. The zero-order valence-corrected chi connectivity index (χ0v) is 12.4. The normalized spacial score (nSPS) is 18.1. The molecule has 0 spiro atoms. The van der Waals surface area contributed by atoms with Gasteiger partial charge in [0.15, 0.2) is 0 Å². The second-order valence-corrected chi connectivity index (χ2v) is 7.00. The molecule has 0 amide bonds. The third-order valence-electron chi connectivity index (χ3n) is 3.08. The van der Waals surface area contributed by atoms with E-state index in [0.29, 0.717) is 10.2 Å². The zero-order chi connectivity index (χ0) is 12.7. The maximum atomic E-state index is 12.2. The third-order valence-corrected chi connectivity index (χ3v) is 5.89. The van der Waals surface area contributed by atoms with Crippen LogP contribution in [0.5, 0.6) is 0 Å². The van der Waals surface area contributed by atoms with E-state index in [2.05, 4.69) is 20.7 Å². The number of sulfonamides is 1. The van der Waals surface area contributed by atoms with E-state index in [-0.39, 0.29) is 5.54 Å². The van der Waals surface area contributed by atoms with Crippen molar-refractivity contribution in [3.05, 3.63) is 29.3 Å². The molecule has 1 aliphatic rings.